The van der Waals surface area contributed by atoms with E-state index in [9.17, 15) is 9.59 Å². The maximum absolute atomic E-state index is 11.9. The standard InChI is InChI=1S/C15H19NO3/c17-14(12-6-7-13(10-12)15(18)19)16-9-8-11-4-2-1-3-5-11/h1-5,12-13H,6-10H2,(H,16,17)(H,18,19)/t12-,13+/m1/s1. The molecule has 4 nitrogen and oxygen atoms in total. The van der Waals surface area contributed by atoms with E-state index in [0.717, 1.165) is 6.42 Å². The lowest BCUT2D eigenvalue weighted by Gasteiger charge is -2.10. The van der Waals surface area contributed by atoms with E-state index in [0.29, 0.717) is 25.8 Å². The van der Waals surface area contributed by atoms with Crippen LogP contribution < -0.4 is 5.32 Å². The quantitative estimate of drug-likeness (QED) is 0.850. The molecule has 1 aliphatic rings. The van der Waals surface area contributed by atoms with E-state index in [1.165, 1.54) is 5.56 Å². The van der Waals surface area contributed by atoms with Crippen LogP contribution in [0.15, 0.2) is 30.3 Å². The first-order valence-electron chi connectivity index (χ1n) is 6.71. The summed E-state index contributed by atoms with van der Waals surface area (Å²) in [4.78, 5) is 22.7. The second-order valence-electron chi connectivity index (χ2n) is 5.07. The van der Waals surface area contributed by atoms with E-state index < -0.39 is 5.97 Å². The lowest BCUT2D eigenvalue weighted by atomic mass is 10.0. The lowest BCUT2D eigenvalue weighted by molar-refractivity contribution is -0.141. The molecule has 0 saturated heterocycles. The van der Waals surface area contributed by atoms with Crippen LogP contribution >= 0.6 is 0 Å². The fraction of sp³-hybridized carbons (Fsp3) is 0.467. The van der Waals surface area contributed by atoms with Crippen LogP contribution in [0.4, 0.5) is 0 Å². The highest BCUT2D eigenvalue weighted by Gasteiger charge is 2.33. The second-order valence-corrected chi connectivity index (χ2v) is 5.07. The van der Waals surface area contributed by atoms with E-state index in [4.69, 9.17) is 5.11 Å². The van der Waals surface area contributed by atoms with Crippen LogP contribution in [-0.2, 0) is 16.0 Å². The van der Waals surface area contributed by atoms with Crippen molar-refractivity contribution in [3.05, 3.63) is 35.9 Å². The SMILES string of the molecule is O=C(O)[C@H]1CC[C@@H](C(=O)NCCc2ccccc2)C1. The number of hydrogen-bond acceptors (Lipinski definition) is 2. The van der Waals surface area contributed by atoms with Crippen molar-refractivity contribution in [1.82, 2.24) is 5.32 Å². The number of nitrogens with one attached hydrogen (secondary N) is 1. The highest BCUT2D eigenvalue weighted by Crippen LogP contribution is 2.30. The molecule has 0 radical (unpaired) electrons. The Balaban J connectivity index is 1.72. The van der Waals surface area contributed by atoms with Gasteiger partial charge in [0.1, 0.15) is 0 Å². The van der Waals surface area contributed by atoms with Crippen LogP contribution in [0.3, 0.4) is 0 Å². The third-order valence-corrected chi connectivity index (χ3v) is 3.71. The zero-order valence-corrected chi connectivity index (χ0v) is 10.8. The number of benzene rings is 1. The van der Waals surface area contributed by atoms with Gasteiger partial charge in [-0.15, -0.1) is 0 Å². The van der Waals surface area contributed by atoms with Crippen LogP contribution in [0.2, 0.25) is 0 Å². The van der Waals surface area contributed by atoms with Gasteiger partial charge < -0.3 is 10.4 Å². The van der Waals surface area contributed by atoms with E-state index in [-0.39, 0.29) is 17.7 Å². The molecule has 2 N–H and O–H groups in total. The summed E-state index contributed by atoms with van der Waals surface area (Å²) in [5.74, 6) is -1.25. The first-order chi connectivity index (χ1) is 9.16. The van der Waals surface area contributed by atoms with Gasteiger partial charge in [-0.25, -0.2) is 0 Å². The molecule has 1 amide bonds. The molecule has 2 rings (SSSR count). The summed E-state index contributed by atoms with van der Waals surface area (Å²) in [6, 6.07) is 9.98. The minimum Gasteiger partial charge on any atom is -0.481 e. The summed E-state index contributed by atoms with van der Waals surface area (Å²) in [6.45, 7) is 0.608. The molecule has 1 aromatic carbocycles. The molecule has 0 spiro atoms. The summed E-state index contributed by atoms with van der Waals surface area (Å²) in [5, 5.41) is 11.8. The van der Waals surface area contributed by atoms with Crippen molar-refractivity contribution in [3.8, 4) is 0 Å². The van der Waals surface area contributed by atoms with Crippen LogP contribution in [0.25, 0.3) is 0 Å². The first kappa shape index (κ1) is 13.6. The van der Waals surface area contributed by atoms with Gasteiger partial charge in [-0.2, -0.15) is 0 Å². The minimum atomic E-state index is -0.778. The zero-order valence-electron chi connectivity index (χ0n) is 10.8. The fourth-order valence-corrected chi connectivity index (χ4v) is 2.56. The van der Waals surface area contributed by atoms with Crippen molar-refractivity contribution in [1.29, 1.82) is 0 Å². The molecule has 102 valence electrons. The Morgan fingerprint density at radius 2 is 1.84 bits per heavy atom. The molecular formula is C15H19NO3. The first-order valence-corrected chi connectivity index (χ1v) is 6.71. The van der Waals surface area contributed by atoms with Gasteiger partial charge in [0.15, 0.2) is 0 Å². The lowest BCUT2D eigenvalue weighted by Crippen LogP contribution is -2.31. The van der Waals surface area contributed by atoms with Crippen LogP contribution in [-0.4, -0.2) is 23.5 Å². The number of amides is 1. The van der Waals surface area contributed by atoms with Crippen molar-refractivity contribution < 1.29 is 14.7 Å². The number of rotatable bonds is 5. The molecule has 4 heteroatoms. The van der Waals surface area contributed by atoms with E-state index in [2.05, 4.69) is 5.32 Å². The van der Waals surface area contributed by atoms with Crippen LogP contribution in [0.5, 0.6) is 0 Å². The van der Waals surface area contributed by atoms with Gasteiger partial charge in [0.2, 0.25) is 5.91 Å². The maximum atomic E-state index is 11.9. The Kier molecular flexibility index (Phi) is 4.55. The van der Waals surface area contributed by atoms with Gasteiger partial charge in [0.25, 0.3) is 0 Å². The molecule has 0 aliphatic heterocycles. The molecular weight excluding hydrogens is 242 g/mol. The number of aliphatic carboxylic acids is 1. The number of carboxylic acids is 1. The Hall–Kier alpha value is -1.84. The monoisotopic (exact) mass is 261 g/mol. The molecule has 2 atom stereocenters. The van der Waals surface area contributed by atoms with Gasteiger partial charge in [0.05, 0.1) is 5.92 Å². The van der Waals surface area contributed by atoms with Crippen LogP contribution in [0, 0.1) is 11.8 Å². The van der Waals surface area contributed by atoms with Crippen molar-refractivity contribution in [2.75, 3.05) is 6.54 Å². The van der Waals surface area contributed by atoms with Crippen molar-refractivity contribution in [2.24, 2.45) is 11.8 Å². The zero-order chi connectivity index (χ0) is 13.7. The topological polar surface area (TPSA) is 66.4 Å². The normalized spacial score (nSPS) is 22.1. The van der Waals surface area contributed by atoms with Gasteiger partial charge in [-0.3, -0.25) is 9.59 Å². The van der Waals surface area contributed by atoms with Gasteiger partial charge >= 0.3 is 5.97 Å². The highest BCUT2D eigenvalue weighted by molar-refractivity contribution is 5.80. The summed E-state index contributed by atoms with van der Waals surface area (Å²) >= 11 is 0. The smallest absolute Gasteiger partial charge is 0.306 e. The summed E-state index contributed by atoms with van der Waals surface area (Å²) < 4.78 is 0. The van der Waals surface area contributed by atoms with Gasteiger partial charge in [-0.1, -0.05) is 30.3 Å². The van der Waals surface area contributed by atoms with E-state index >= 15 is 0 Å². The largest absolute Gasteiger partial charge is 0.481 e. The molecule has 0 unspecified atom stereocenters. The maximum Gasteiger partial charge on any atom is 0.306 e. The summed E-state index contributed by atoms with van der Waals surface area (Å²) in [7, 11) is 0. The Morgan fingerprint density at radius 1 is 1.16 bits per heavy atom. The van der Waals surface area contributed by atoms with Crippen molar-refractivity contribution in [2.45, 2.75) is 25.7 Å². The molecule has 19 heavy (non-hydrogen) atoms. The number of carboxylic acid groups (broad SMARTS) is 1. The molecule has 1 aromatic rings. The average molecular weight is 261 g/mol. The summed E-state index contributed by atoms with van der Waals surface area (Å²) in [5.41, 5.74) is 1.19. The molecule has 0 bridgehead atoms. The fourth-order valence-electron chi connectivity index (χ4n) is 2.56. The molecule has 1 aliphatic carbocycles. The van der Waals surface area contributed by atoms with Crippen molar-refractivity contribution >= 4 is 11.9 Å². The average Bonchev–Trinajstić information content (AvgIpc) is 2.89. The predicted molar refractivity (Wildman–Crippen MR) is 71.6 cm³/mol. The predicted octanol–water partition coefficient (Wildman–Crippen LogP) is 1.85. The van der Waals surface area contributed by atoms with Gasteiger partial charge in [0, 0.05) is 12.5 Å². The molecule has 1 saturated carbocycles. The third-order valence-electron chi connectivity index (χ3n) is 3.71. The summed E-state index contributed by atoms with van der Waals surface area (Å²) in [6.07, 6.45) is 2.59. The van der Waals surface area contributed by atoms with Gasteiger partial charge in [-0.05, 0) is 31.2 Å². The minimum absolute atomic E-state index is 0.000295. The highest BCUT2D eigenvalue weighted by atomic mass is 16.4. The Labute approximate surface area is 112 Å². The molecule has 0 aromatic heterocycles. The molecule has 1 fully saturated rings. The Bertz CT molecular complexity index is 444. The second kappa shape index (κ2) is 6.36. The Morgan fingerprint density at radius 3 is 2.47 bits per heavy atom. The van der Waals surface area contributed by atoms with Crippen LogP contribution in [0.1, 0.15) is 24.8 Å². The number of carbonyl (C=O) groups is 2. The van der Waals surface area contributed by atoms with Crippen molar-refractivity contribution in [3.63, 3.8) is 0 Å². The van der Waals surface area contributed by atoms with E-state index in [1.54, 1.807) is 0 Å². The number of carbonyl (C=O) groups excluding carboxylic acids is 1. The third kappa shape index (κ3) is 3.81. The number of hydrogen-bond donors (Lipinski definition) is 2. The molecule has 0 heterocycles. The van der Waals surface area contributed by atoms with E-state index in [1.807, 2.05) is 30.3 Å².